The Morgan fingerprint density at radius 1 is 0.952 bits per heavy atom. The molecule has 0 spiro atoms. The van der Waals surface area contributed by atoms with Crippen molar-refractivity contribution >= 4 is 13.2 Å². The van der Waals surface area contributed by atoms with Crippen molar-refractivity contribution in [3.05, 3.63) is 41.4 Å². The van der Waals surface area contributed by atoms with Gasteiger partial charge in [-0.2, -0.15) is 13.2 Å². The summed E-state index contributed by atoms with van der Waals surface area (Å²) >= 11 is 0. The van der Waals surface area contributed by atoms with E-state index in [0.717, 1.165) is 12.1 Å². The van der Waals surface area contributed by atoms with E-state index in [1.165, 1.54) is 12.1 Å². The van der Waals surface area contributed by atoms with Crippen LogP contribution in [0.15, 0.2) is 30.2 Å². The predicted octanol–water partition coefficient (Wildman–Crippen LogP) is 4.35. The molecular weight excluding hydrogens is 280 g/mol. The highest BCUT2D eigenvalue weighted by atomic mass is 19.4. The molecule has 1 heterocycles. The minimum atomic E-state index is -4.31. The van der Waals surface area contributed by atoms with Crippen LogP contribution >= 0.6 is 0 Å². The highest BCUT2D eigenvalue weighted by Gasteiger charge is 2.49. The summed E-state index contributed by atoms with van der Waals surface area (Å²) in [4.78, 5) is 0. The Kier molecular flexibility index (Phi) is 3.97. The summed E-state index contributed by atoms with van der Waals surface area (Å²) in [5.74, 6) is 1.71. The number of alkyl halides is 3. The van der Waals surface area contributed by atoms with E-state index in [2.05, 4.69) is 0 Å². The van der Waals surface area contributed by atoms with Crippen LogP contribution in [0.3, 0.4) is 0 Å². The van der Waals surface area contributed by atoms with E-state index in [1.807, 2.05) is 27.7 Å². The van der Waals surface area contributed by atoms with Crippen LogP contribution in [-0.4, -0.2) is 18.3 Å². The molecule has 1 saturated heterocycles. The first-order valence-electron chi connectivity index (χ1n) is 6.72. The third kappa shape index (κ3) is 3.50. The van der Waals surface area contributed by atoms with Gasteiger partial charge in [0.2, 0.25) is 0 Å². The molecule has 1 aliphatic rings. The minimum absolute atomic E-state index is 0.428. The third-order valence-corrected chi connectivity index (χ3v) is 3.96. The molecule has 6 heteroatoms. The average Bonchev–Trinajstić information content (AvgIpc) is 2.55. The van der Waals surface area contributed by atoms with Gasteiger partial charge in [-0.05, 0) is 45.4 Å². The van der Waals surface area contributed by atoms with Gasteiger partial charge in [-0.15, -0.1) is 0 Å². The van der Waals surface area contributed by atoms with Gasteiger partial charge in [0.25, 0.3) is 0 Å². The minimum Gasteiger partial charge on any atom is -0.400 e. The van der Waals surface area contributed by atoms with Gasteiger partial charge in [-0.1, -0.05) is 24.2 Å². The smallest absolute Gasteiger partial charge is 0.400 e. The van der Waals surface area contributed by atoms with Crippen molar-refractivity contribution in [2.75, 3.05) is 0 Å². The van der Waals surface area contributed by atoms with Crippen LogP contribution in [-0.2, 0) is 15.5 Å². The maximum Gasteiger partial charge on any atom is 0.487 e. The Labute approximate surface area is 123 Å². The summed E-state index contributed by atoms with van der Waals surface area (Å²) < 4.78 is 48.9. The summed E-state index contributed by atoms with van der Waals surface area (Å²) in [5, 5.41) is 0. The van der Waals surface area contributed by atoms with Crippen LogP contribution in [0.4, 0.5) is 13.2 Å². The Morgan fingerprint density at radius 2 is 1.43 bits per heavy atom. The SMILES string of the molecule is CC1(C)OB(/C=C/c2ccc(C(F)(F)F)cc2)OC1(C)C. The molecular formula is C15H18BF3O2. The van der Waals surface area contributed by atoms with Crippen molar-refractivity contribution in [2.45, 2.75) is 45.1 Å². The highest BCUT2D eigenvalue weighted by Crippen LogP contribution is 2.37. The second-order valence-corrected chi connectivity index (χ2v) is 6.10. The van der Waals surface area contributed by atoms with Gasteiger partial charge >= 0.3 is 13.3 Å². The first-order chi connectivity index (χ1) is 9.51. The van der Waals surface area contributed by atoms with Gasteiger partial charge in [-0.3, -0.25) is 0 Å². The lowest BCUT2D eigenvalue weighted by molar-refractivity contribution is -0.137. The maximum absolute atomic E-state index is 12.5. The van der Waals surface area contributed by atoms with Gasteiger partial charge in [0.05, 0.1) is 16.8 Å². The zero-order chi connectivity index (χ0) is 15.9. The van der Waals surface area contributed by atoms with Gasteiger partial charge in [0, 0.05) is 0 Å². The molecule has 0 atom stereocenters. The van der Waals surface area contributed by atoms with Crippen LogP contribution in [0.1, 0.15) is 38.8 Å². The van der Waals surface area contributed by atoms with Crippen molar-refractivity contribution in [3.63, 3.8) is 0 Å². The Hall–Kier alpha value is -1.27. The normalized spacial score (nSPS) is 21.2. The maximum atomic E-state index is 12.5. The Balaban J connectivity index is 2.06. The first kappa shape index (κ1) is 16.1. The van der Waals surface area contributed by atoms with Crippen LogP contribution in [0, 0.1) is 0 Å². The molecule has 2 nitrogen and oxygen atoms in total. The molecule has 0 saturated carbocycles. The third-order valence-electron chi connectivity index (χ3n) is 3.96. The van der Waals surface area contributed by atoms with Crippen LogP contribution < -0.4 is 0 Å². The second-order valence-electron chi connectivity index (χ2n) is 6.10. The van der Waals surface area contributed by atoms with Gasteiger partial charge < -0.3 is 9.31 Å². The largest absolute Gasteiger partial charge is 0.487 e. The van der Waals surface area contributed by atoms with Gasteiger partial charge in [0.15, 0.2) is 0 Å². The van der Waals surface area contributed by atoms with Crippen LogP contribution in [0.25, 0.3) is 6.08 Å². The topological polar surface area (TPSA) is 18.5 Å². The molecule has 0 bridgehead atoms. The fourth-order valence-corrected chi connectivity index (χ4v) is 1.94. The second kappa shape index (κ2) is 5.18. The number of rotatable bonds is 2. The molecule has 0 amide bonds. The lowest BCUT2D eigenvalue weighted by Crippen LogP contribution is -2.41. The fourth-order valence-electron chi connectivity index (χ4n) is 1.94. The van der Waals surface area contributed by atoms with Gasteiger partial charge in [-0.25, -0.2) is 0 Å². The van der Waals surface area contributed by atoms with E-state index in [4.69, 9.17) is 9.31 Å². The van der Waals surface area contributed by atoms with Crippen molar-refractivity contribution in [2.24, 2.45) is 0 Å². The van der Waals surface area contributed by atoms with Crippen molar-refractivity contribution in [3.8, 4) is 0 Å². The van der Waals surface area contributed by atoms with Crippen LogP contribution in [0.2, 0.25) is 0 Å². The van der Waals surface area contributed by atoms with E-state index in [0.29, 0.717) is 5.56 Å². The number of hydrogen-bond acceptors (Lipinski definition) is 2. The van der Waals surface area contributed by atoms with E-state index >= 15 is 0 Å². The molecule has 2 rings (SSSR count). The molecule has 1 aliphatic heterocycles. The molecule has 21 heavy (non-hydrogen) atoms. The molecule has 1 aromatic rings. The Morgan fingerprint density at radius 3 is 1.86 bits per heavy atom. The zero-order valence-electron chi connectivity index (χ0n) is 12.5. The zero-order valence-corrected chi connectivity index (χ0v) is 12.5. The monoisotopic (exact) mass is 298 g/mol. The molecule has 1 aromatic carbocycles. The molecule has 0 aromatic heterocycles. The molecule has 0 unspecified atom stereocenters. The summed E-state index contributed by atoms with van der Waals surface area (Å²) in [7, 11) is -0.503. The summed E-state index contributed by atoms with van der Waals surface area (Å²) in [6, 6.07) is 4.96. The lowest BCUT2D eigenvalue weighted by atomic mass is 9.89. The van der Waals surface area contributed by atoms with Crippen LogP contribution in [0.5, 0.6) is 0 Å². The molecule has 0 N–H and O–H groups in total. The van der Waals surface area contributed by atoms with E-state index < -0.39 is 30.1 Å². The average molecular weight is 298 g/mol. The van der Waals surface area contributed by atoms with E-state index in [9.17, 15) is 13.2 Å². The van der Waals surface area contributed by atoms with Gasteiger partial charge in [0.1, 0.15) is 0 Å². The molecule has 114 valence electrons. The number of benzene rings is 1. The summed E-state index contributed by atoms with van der Waals surface area (Å²) in [6.45, 7) is 7.77. The van der Waals surface area contributed by atoms with E-state index in [-0.39, 0.29) is 0 Å². The van der Waals surface area contributed by atoms with Crippen molar-refractivity contribution in [1.29, 1.82) is 0 Å². The van der Waals surface area contributed by atoms with E-state index in [1.54, 1.807) is 12.1 Å². The summed E-state index contributed by atoms with van der Waals surface area (Å²) in [5.41, 5.74) is -0.849. The quantitative estimate of drug-likeness (QED) is 0.756. The Bertz CT molecular complexity index is 517. The lowest BCUT2D eigenvalue weighted by Gasteiger charge is -2.32. The number of hydrogen-bond donors (Lipinski definition) is 0. The van der Waals surface area contributed by atoms with Crippen molar-refractivity contribution < 1.29 is 22.5 Å². The predicted molar refractivity (Wildman–Crippen MR) is 76.6 cm³/mol. The number of halogens is 3. The molecule has 0 radical (unpaired) electrons. The standard InChI is InChI=1S/C15H18BF3O2/c1-13(2)14(3,4)21-16(20-13)10-9-11-5-7-12(8-6-11)15(17,18)19/h5-10H,1-4H3/b10-9+. The van der Waals surface area contributed by atoms with Crippen molar-refractivity contribution in [1.82, 2.24) is 0 Å². The molecule has 0 aliphatic carbocycles. The first-order valence-corrected chi connectivity index (χ1v) is 6.72. The highest BCUT2D eigenvalue weighted by molar-refractivity contribution is 6.52. The fraction of sp³-hybridized carbons (Fsp3) is 0.467. The molecule has 1 fully saturated rings. The summed E-state index contributed by atoms with van der Waals surface area (Å²) in [6.07, 6.45) is -2.61.